The van der Waals surface area contributed by atoms with Crippen molar-refractivity contribution in [3.63, 3.8) is 0 Å². The topological polar surface area (TPSA) is 141 Å². The Morgan fingerprint density at radius 3 is 2.27 bits per heavy atom. The van der Waals surface area contributed by atoms with Crippen LogP contribution in [-0.2, 0) is 16.4 Å². The summed E-state index contributed by atoms with van der Waals surface area (Å²) in [6.07, 6.45) is 2.17. The average Bonchev–Trinajstić information content (AvgIpc) is 2.65. The van der Waals surface area contributed by atoms with E-state index in [9.17, 15) is 13.5 Å². The Bertz CT molecular complexity index is 987. The molecular weight excluding hydrogens is 404 g/mol. The van der Waals surface area contributed by atoms with Crippen LogP contribution in [0.15, 0.2) is 24.3 Å². The first-order valence-corrected chi connectivity index (χ1v) is 11.6. The second kappa shape index (κ2) is 10.3. The van der Waals surface area contributed by atoms with Crippen LogP contribution in [0, 0.1) is 17.2 Å². The smallest absolute Gasteiger partial charge is 0.241 e. The molecule has 2 rings (SSSR count). The molecule has 30 heavy (non-hydrogen) atoms. The number of benzene rings is 1. The predicted octanol–water partition coefficient (Wildman–Crippen LogP) is 2.28. The zero-order chi connectivity index (χ0) is 22.3. The zero-order valence-electron chi connectivity index (χ0n) is 17.6. The molecule has 10 heteroatoms. The highest BCUT2D eigenvalue weighted by molar-refractivity contribution is 7.91. The van der Waals surface area contributed by atoms with Gasteiger partial charge in [0.25, 0.3) is 0 Å². The van der Waals surface area contributed by atoms with E-state index in [0.29, 0.717) is 30.1 Å². The third-order valence-corrected chi connectivity index (χ3v) is 4.92. The largest absolute Gasteiger partial charge is 0.394 e. The van der Waals surface area contributed by atoms with Crippen molar-refractivity contribution in [1.29, 1.82) is 5.26 Å². The molecular formula is C20H28N6O3S. The summed E-state index contributed by atoms with van der Waals surface area (Å²) in [5, 5.41) is 21.6. The fraction of sp³-hybridized carbons (Fsp3) is 0.500. The summed E-state index contributed by atoms with van der Waals surface area (Å²) in [5.41, 5.74) is 1.59. The highest BCUT2D eigenvalue weighted by atomic mass is 32.2. The van der Waals surface area contributed by atoms with E-state index < -0.39 is 10.0 Å². The molecule has 9 nitrogen and oxygen atoms in total. The van der Waals surface area contributed by atoms with Gasteiger partial charge in [-0.3, -0.25) is 4.72 Å². The summed E-state index contributed by atoms with van der Waals surface area (Å²) in [6, 6.07) is 9.09. The Morgan fingerprint density at radius 2 is 1.73 bits per heavy atom. The van der Waals surface area contributed by atoms with Gasteiger partial charge in [-0.15, -0.1) is 0 Å². The van der Waals surface area contributed by atoms with E-state index in [4.69, 9.17) is 5.26 Å². The number of nitrogens with zero attached hydrogens (tertiary/aromatic N) is 4. The Kier molecular flexibility index (Phi) is 8.08. The van der Waals surface area contributed by atoms with Crippen molar-refractivity contribution in [1.82, 2.24) is 15.0 Å². The molecule has 0 spiro atoms. The molecule has 1 unspecified atom stereocenters. The lowest BCUT2D eigenvalue weighted by Gasteiger charge is -2.19. The van der Waals surface area contributed by atoms with Gasteiger partial charge in [0.05, 0.1) is 30.5 Å². The van der Waals surface area contributed by atoms with Crippen molar-refractivity contribution in [3.8, 4) is 6.07 Å². The third kappa shape index (κ3) is 7.57. The minimum Gasteiger partial charge on any atom is -0.394 e. The van der Waals surface area contributed by atoms with Gasteiger partial charge in [0.15, 0.2) is 0 Å². The maximum atomic E-state index is 11.7. The van der Waals surface area contributed by atoms with Gasteiger partial charge in [-0.05, 0) is 36.0 Å². The molecule has 0 aliphatic heterocycles. The van der Waals surface area contributed by atoms with Gasteiger partial charge in [-0.2, -0.15) is 20.2 Å². The monoisotopic (exact) mass is 432 g/mol. The first-order chi connectivity index (χ1) is 14.1. The highest BCUT2D eigenvalue weighted by Crippen LogP contribution is 2.21. The molecule has 3 N–H and O–H groups in total. The number of anilines is 2. The average molecular weight is 433 g/mol. The maximum absolute atomic E-state index is 11.7. The van der Waals surface area contributed by atoms with Crippen LogP contribution in [0.1, 0.15) is 50.1 Å². The molecule has 1 heterocycles. The Hall–Kier alpha value is -2.77. The molecule has 0 radical (unpaired) electrons. The van der Waals surface area contributed by atoms with Crippen LogP contribution in [0.5, 0.6) is 0 Å². The van der Waals surface area contributed by atoms with Gasteiger partial charge in [-0.25, -0.2) is 8.42 Å². The molecule has 162 valence electrons. The van der Waals surface area contributed by atoms with E-state index in [0.717, 1.165) is 11.8 Å². The summed E-state index contributed by atoms with van der Waals surface area (Å²) >= 11 is 0. The lowest BCUT2D eigenvalue weighted by molar-refractivity contribution is 0.259. The van der Waals surface area contributed by atoms with Crippen molar-refractivity contribution in [2.75, 3.05) is 22.9 Å². The number of sulfonamides is 1. The van der Waals surface area contributed by atoms with Crippen molar-refractivity contribution >= 4 is 21.9 Å². The van der Waals surface area contributed by atoms with Crippen LogP contribution in [0.25, 0.3) is 0 Å². The molecule has 0 aliphatic carbocycles. The molecule has 0 saturated carbocycles. The number of hydrogen-bond acceptors (Lipinski definition) is 8. The van der Waals surface area contributed by atoms with E-state index >= 15 is 0 Å². The van der Waals surface area contributed by atoms with Gasteiger partial charge in [0, 0.05) is 6.42 Å². The van der Waals surface area contributed by atoms with E-state index in [1.165, 1.54) is 0 Å². The van der Waals surface area contributed by atoms with E-state index in [2.05, 4.69) is 31.1 Å². The lowest BCUT2D eigenvalue weighted by atomic mass is 9.96. The van der Waals surface area contributed by atoms with Gasteiger partial charge in [0.2, 0.25) is 21.9 Å². The minimum absolute atomic E-state index is 0.0309. The van der Waals surface area contributed by atoms with Gasteiger partial charge in [0.1, 0.15) is 5.82 Å². The van der Waals surface area contributed by atoms with E-state index in [-0.39, 0.29) is 30.5 Å². The summed E-state index contributed by atoms with van der Waals surface area (Å²) in [6.45, 7) is 5.98. The summed E-state index contributed by atoms with van der Waals surface area (Å²) < 4.78 is 25.6. The highest BCUT2D eigenvalue weighted by Gasteiger charge is 2.17. The van der Waals surface area contributed by atoms with Crippen molar-refractivity contribution < 1.29 is 13.5 Å². The number of rotatable bonds is 10. The van der Waals surface area contributed by atoms with Gasteiger partial charge in [-0.1, -0.05) is 32.9 Å². The Balaban J connectivity index is 2.29. The summed E-state index contributed by atoms with van der Waals surface area (Å²) in [7, 11) is -3.56. The molecule has 1 aromatic heterocycles. The molecule has 2 aromatic rings. The number of nitriles is 1. The zero-order valence-corrected chi connectivity index (χ0v) is 18.4. The van der Waals surface area contributed by atoms with Crippen LogP contribution < -0.4 is 10.0 Å². The summed E-state index contributed by atoms with van der Waals surface area (Å²) in [5.74, 6) is 0.928. The summed E-state index contributed by atoms with van der Waals surface area (Å²) in [4.78, 5) is 12.8. The van der Waals surface area contributed by atoms with Crippen molar-refractivity contribution in [3.05, 3.63) is 41.2 Å². The third-order valence-electron chi connectivity index (χ3n) is 4.37. The van der Waals surface area contributed by atoms with Gasteiger partial charge >= 0.3 is 0 Å². The normalized spacial score (nSPS) is 13.5. The molecule has 0 saturated heterocycles. The van der Waals surface area contributed by atoms with Crippen LogP contribution in [0.2, 0.25) is 0 Å². The standard InChI is InChI=1S/C20H28N6O3S/c1-13(2)9-17(12-27)22-19-23-18(24-20(25-19)26-30(4,28)29)10-14(3)16-7-5-15(11-21)6-8-16/h5-8,13-14,17,27H,9-10,12H2,1-4H3,(H2,22,23,24,25,26)/t14?,17-/m1/s1. The fourth-order valence-electron chi connectivity index (χ4n) is 3.00. The van der Waals surface area contributed by atoms with Gasteiger partial charge < -0.3 is 10.4 Å². The van der Waals surface area contributed by atoms with E-state index in [1.54, 1.807) is 12.1 Å². The molecule has 1 aromatic carbocycles. The number of nitrogens with one attached hydrogen (secondary N) is 2. The molecule has 2 atom stereocenters. The minimum atomic E-state index is -3.56. The number of hydrogen-bond donors (Lipinski definition) is 3. The SMILES string of the molecule is CC(C)C[C@H](CO)Nc1nc(CC(C)c2ccc(C#N)cc2)nc(NS(C)(=O)=O)n1. The Labute approximate surface area is 177 Å². The molecule has 0 fully saturated rings. The van der Waals surface area contributed by atoms with Crippen LogP contribution in [0.4, 0.5) is 11.9 Å². The maximum Gasteiger partial charge on any atom is 0.241 e. The second-order valence-electron chi connectivity index (χ2n) is 7.77. The van der Waals surface area contributed by atoms with E-state index in [1.807, 2.05) is 32.9 Å². The number of aliphatic hydroxyl groups excluding tert-OH is 1. The number of aromatic nitrogens is 3. The second-order valence-corrected chi connectivity index (χ2v) is 9.51. The molecule has 0 bridgehead atoms. The molecule has 0 aliphatic rings. The molecule has 0 amide bonds. The van der Waals surface area contributed by atoms with Crippen molar-refractivity contribution in [2.45, 2.75) is 45.6 Å². The fourth-order valence-corrected chi connectivity index (χ4v) is 3.42. The predicted molar refractivity (Wildman–Crippen MR) is 116 cm³/mol. The quantitative estimate of drug-likeness (QED) is 0.519. The van der Waals surface area contributed by atoms with Crippen LogP contribution >= 0.6 is 0 Å². The Morgan fingerprint density at radius 1 is 1.10 bits per heavy atom. The first-order valence-electron chi connectivity index (χ1n) is 9.69. The van der Waals surface area contributed by atoms with Crippen molar-refractivity contribution in [2.24, 2.45) is 5.92 Å². The van der Waals surface area contributed by atoms with Crippen LogP contribution in [-0.4, -0.2) is 47.4 Å². The lowest BCUT2D eigenvalue weighted by Crippen LogP contribution is -2.27. The number of aliphatic hydroxyl groups is 1. The van der Waals surface area contributed by atoms with Crippen LogP contribution in [0.3, 0.4) is 0 Å². The first kappa shape index (κ1) is 23.5.